The lowest BCUT2D eigenvalue weighted by Gasteiger charge is -2.36. The molecule has 0 amide bonds. The van der Waals surface area contributed by atoms with E-state index in [0.29, 0.717) is 37.4 Å². The van der Waals surface area contributed by atoms with E-state index in [2.05, 4.69) is 20.8 Å². The molecule has 0 aromatic carbocycles. The summed E-state index contributed by atoms with van der Waals surface area (Å²) >= 11 is 0. The first-order valence-electron chi connectivity index (χ1n) is 7.31. The van der Waals surface area contributed by atoms with Crippen LogP contribution in [0.25, 0.3) is 0 Å². The van der Waals surface area contributed by atoms with Gasteiger partial charge in [0.2, 0.25) is 0 Å². The molecule has 0 unspecified atom stereocenters. The molecule has 0 spiro atoms. The Morgan fingerprint density at radius 2 is 2.06 bits per heavy atom. The average Bonchev–Trinajstić information content (AvgIpc) is 2.29. The number of rotatable bonds is 6. The van der Waals surface area contributed by atoms with E-state index in [1.54, 1.807) is 0 Å². The third kappa shape index (κ3) is 4.97. The summed E-state index contributed by atoms with van der Waals surface area (Å²) in [6.07, 6.45) is 3.95. The lowest BCUT2D eigenvalue weighted by molar-refractivity contribution is -0.157. The van der Waals surface area contributed by atoms with Gasteiger partial charge in [0, 0.05) is 6.61 Å². The van der Waals surface area contributed by atoms with Gasteiger partial charge < -0.3 is 9.47 Å². The molecule has 3 nitrogen and oxygen atoms in total. The van der Waals surface area contributed by atoms with E-state index in [-0.39, 0.29) is 12.1 Å². The minimum Gasteiger partial charge on any atom is -0.462 e. The van der Waals surface area contributed by atoms with Gasteiger partial charge in [-0.05, 0) is 37.5 Å². The Hall–Kier alpha value is -0.570. The molecule has 106 valence electrons. The van der Waals surface area contributed by atoms with Crippen molar-refractivity contribution in [3.63, 3.8) is 0 Å². The molecule has 0 N–H and O–H groups in total. The molecule has 1 saturated carbocycles. The first-order chi connectivity index (χ1) is 8.54. The summed E-state index contributed by atoms with van der Waals surface area (Å²) in [5, 5.41) is 0. The van der Waals surface area contributed by atoms with Gasteiger partial charge in [0.1, 0.15) is 6.10 Å². The fourth-order valence-electron chi connectivity index (χ4n) is 2.78. The quantitative estimate of drug-likeness (QED) is 0.539. The van der Waals surface area contributed by atoms with Crippen LogP contribution in [0.5, 0.6) is 0 Å². The Balaban J connectivity index is 2.42. The highest BCUT2D eigenvalue weighted by atomic mass is 16.5. The summed E-state index contributed by atoms with van der Waals surface area (Å²) in [5.74, 6) is 1.68. The maximum Gasteiger partial charge on any atom is 0.308 e. The number of carbonyl (C=O) groups is 1. The molecule has 0 heterocycles. The van der Waals surface area contributed by atoms with Gasteiger partial charge in [-0.25, -0.2) is 0 Å². The maximum absolute atomic E-state index is 11.8. The van der Waals surface area contributed by atoms with Crippen LogP contribution in [0.4, 0.5) is 0 Å². The van der Waals surface area contributed by atoms with Gasteiger partial charge in [0.25, 0.3) is 0 Å². The Morgan fingerprint density at radius 3 is 2.67 bits per heavy atom. The second-order valence-corrected chi connectivity index (χ2v) is 5.80. The zero-order valence-electron chi connectivity index (χ0n) is 12.3. The predicted octanol–water partition coefficient (Wildman–Crippen LogP) is 3.42. The van der Waals surface area contributed by atoms with Crippen LogP contribution in [0.15, 0.2) is 0 Å². The molecule has 0 saturated heterocycles. The first kappa shape index (κ1) is 15.5. The number of hydrogen-bond donors (Lipinski definition) is 0. The molecule has 1 fully saturated rings. The van der Waals surface area contributed by atoms with Crippen LogP contribution in [0.3, 0.4) is 0 Å². The Labute approximate surface area is 111 Å². The van der Waals surface area contributed by atoms with Crippen molar-refractivity contribution < 1.29 is 14.3 Å². The van der Waals surface area contributed by atoms with Crippen molar-refractivity contribution in [2.24, 2.45) is 17.8 Å². The van der Waals surface area contributed by atoms with Crippen LogP contribution >= 0.6 is 0 Å². The molecule has 18 heavy (non-hydrogen) atoms. The van der Waals surface area contributed by atoms with Crippen molar-refractivity contribution in [1.29, 1.82) is 0 Å². The van der Waals surface area contributed by atoms with Gasteiger partial charge in [-0.15, -0.1) is 0 Å². The molecular formula is C15H28O3. The van der Waals surface area contributed by atoms with Crippen molar-refractivity contribution in [3.8, 4) is 0 Å². The van der Waals surface area contributed by atoms with Crippen molar-refractivity contribution in [3.05, 3.63) is 0 Å². The average molecular weight is 256 g/mol. The van der Waals surface area contributed by atoms with E-state index in [4.69, 9.17) is 9.47 Å². The van der Waals surface area contributed by atoms with Gasteiger partial charge in [0.05, 0.1) is 13.0 Å². The number of ether oxygens (including phenoxy) is 2. The third-order valence-corrected chi connectivity index (χ3v) is 3.90. The summed E-state index contributed by atoms with van der Waals surface area (Å²) in [7, 11) is 0. The minimum atomic E-state index is -0.104. The van der Waals surface area contributed by atoms with E-state index in [9.17, 15) is 4.79 Å². The monoisotopic (exact) mass is 256 g/mol. The van der Waals surface area contributed by atoms with Crippen molar-refractivity contribution >= 4 is 5.97 Å². The smallest absolute Gasteiger partial charge is 0.308 e. The van der Waals surface area contributed by atoms with E-state index in [1.165, 1.54) is 12.8 Å². The number of carbonyl (C=O) groups excluding carboxylic acids is 1. The van der Waals surface area contributed by atoms with Crippen LogP contribution in [0, 0.1) is 17.8 Å². The summed E-state index contributed by atoms with van der Waals surface area (Å²) in [6.45, 7) is 9.76. The van der Waals surface area contributed by atoms with Crippen LogP contribution in [-0.2, 0) is 14.3 Å². The summed E-state index contributed by atoms with van der Waals surface area (Å²) in [4.78, 5) is 11.8. The fourth-order valence-corrected chi connectivity index (χ4v) is 2.78. The van der Waals surface area contributed by atoms with Crippen LogP contribution in [0.1, 0.15) is 53.4 Å². The predicted molar refractivity (Wildman–Crippen MR) is 72.3 cm³/mol. The van der Waals surface area contributed by atoms with Crippen molar-refractivity contribution in [2.75, 3.05) is 13.2 Å². The van der Waals surface area contributed by atoms with Crippen molar-refractivity contribution in [1.82, 2.24) is 0 Å². The summed E-state index contributed by atoms with van der Waals surface area (Å²) in [5.41, 5.74) is 0. The van der Waals surface area contributed by atoms with Gasteiger partial charge >= 0.3 is 5.97 Å². The third-order valence-electron chi connectivity index (χ3n) is 3.90. The number of hydrogen-bond acceptors (Lipinski definition) is 3. The lowest BCUT2D eigenvalue weighted by atomic mass is 9.75. The zero-order valence-corrected chi connectivity index (χ0v) is 12.3. The van der Waals surface area contributed by atoms with Gasteiger partial charge in [-0.1, -0.05) is 27.2 Å². The van der Waals surface area contributed by atoms with E-state index >= 15 is 0 Å². The molecule has 1 aliphatic rings. The second-order valence-electron chi connectivity index (χ2n) is 5.80. The molecule has 0 aromatic rings. The normalized spacial score (nSPS) is 28.4. The zero-order chi connectivity index (χ0) is 13.5. The number of esters is 1. The second kappa shape index (κ2) is 7.78. The Morgan fingerprint density at radius 1 is 1.33 bits per heavy atom. The fraction of sp³-hybridized carbons (Fsp3) is 0.933. The van der Waals surface area contributed by atoms with Gasteiger partial charge in [0.15, 0.2) is 0 Å². The molecule has 0 aliphatic heterocycles. The molecule has 0 aromatic heterocycles. The highest BCUT2D eigenvalue weighted by molar-refractivity contribution is 5.69. The molecule has 0 bridgehead atoms. The first-order valence-corrected chi connectivity index (χ1v) is 7.31. The Bertz CT molecular complexity index is 250. The van der Waals surface area contributed by atoms with Crippen LogP contribution in [0.2, 0.25) is 0 Å². The maximum atomic E-state index is 11.8. The molecule has 0 radical (unpaired) electrons. The molecule has 1 aliphatic carbocycles. The van der Waals surface area contributed by atoms with Gasteiger partial charge in [-0.3, -0.25) is 4.79 Å². The summed E-state index contributed by atoms with van der Waals surface area (Å²) in [6, 6.07) is 0. The van der Waals surface area contributed by atoms with E-state index in [1.807, 2.05) is 6.92 Å². The van der Waals surface area contributed by atoms with E-state index < -0.39 is 0 Å². The summed E-state index contributed by atoms with van der Waals surface area (Å²) < 4.78 is 10.9. The van der Waals surface area contributed by atoms with E-state index in [0.717, 1.165) is 6.42 Å². The SMILES string of the molecule is CCOCCC(=O)O[C@H]1C[C@@H](C)CC[C@@H]1C(C)C. The van der Waals surface area contributed by atoms with Crippen LogP contribution < -0.4 is 0 Å². The topological polar surface area (TPSA) is 35.5 Å². The standard InChI is InChI=1S/C15H28O3/c1-5-17-9-8-15(16)18-14-10-12(4)6-7-13(14)11(2)3/h11-14H,5-10H2,1-4H3/t12-,13+,14-/m0/s1. The highest BCUT2D eigenvalue weighted by Gasteiger charge is 2.33. The van der Waals surface area contributed by atoms with Crippen LogP contribution in [-0.4, -0.2) is 25.3 Å². The molecule has 3 atom stereocenters. The van der Waals surface area contributed by atoms with Gasteiger partial charge in [-0.2, -0.15) is 0 Å². The van der Waals surface area contributed by atoms with Crippen molar-refractivity contribution in [2.45, 2.75) is 59.5 Å². The lowest BCUT2D eigenvalue weighted by Crippen LogP contribution is -2.36. The highest BCUT2D eigenvalue weighted by Crippen LogP contribution is 2.35. The molecule has 3 heteroatoms. The minimum absolute atomic E-state index is 0.104. The molecular weight excluding hydrogens is 228 g/mol. The molecule has 1 rings (SSSR count). The Kier molecular flexibility index (Phi) is 6.69. The largest absolute Gasteiger partial charge is 0.462 e.